The molecule has 1 saturated heterocycles. The third-order valence-corrected chi connectivity index (χ3v) is 3.15. The lowest BCUT2D eigenvalue weighted by atomic mass is 10.1. The molecule has 1 aromatic rings. The molecule has 0 spiro atoms. The number of carboxylic acids is 1. The van der Waals surface area contributed by atoms with Gasteiger partial charge in [0.1, 0.15) is 6.10 Å². The van der Waals surface area contributed by atoms with Crippen LogP contribution < -0.4 is 5.32 Å². The lowest BCUT2D eigenvalue weighted by Crippen LogP contribution is -2.29. The maximum absolute atomic E-state index is 11.9. The first-order chi connectivity index (χ1) is 9.47. The van der Waals surface area contributed by atoms with Crippen LogP contribution in [0.3, 0.4) is 0 Å². The van der Waals surface area contributed by atoms with Gasteiger partial charge in [-0.25, -0.2) is 4.79 Å². The fraction of sp³-hybridized carbons (Fsp3) is 0.357. The van der Waals surface area contributed by atoms with Crippen molar-refractivity contribution in [3.05, 3.63) is 29.8 Å². The van der Waals surface area contributed by atoms with Crippen LogP contribution in [0.1, 0.15) is 30.1 Å². The Labute approximate surface area is 115 Å². The van der Waals surface area contributed by atoms with Gasteiger partial charge in [-0.05, 0) is 44.0 Å². The molecule has 0 saturated carbocycles. The van der Waals surface area contributed by atoms with Gasteiger partial charge in [-0.2, -0.15) is 0 Å². The zero-order chi connectivity index (χ0) is 14.7. The maximum Gasteiger partial charge on any atom is 0.332 e. The number of ether oxygens (including phenoxy) is 1. The number of amides is 1. The van der Waals surface area contributed by atoms with Gasteiger partial charge in [-0.1, -0.05) is 0 Å². The number of carbonyl (C=O) groups excluding carboxylic acids is 2. The van der Waals surface area contributed by atoms with E-state index in [2.05, 4.69) is 5.32 Å². The van der Waals surface area contributed by atoms with E-state index in [-0.39, 0.29) is 11.7 Å². The van der Waals surface area contributed by atoms with Crippen molar-refractivity contribution in [2.45, 2.75) is 32.0 Å². The van der Waals surface area contributed by atoms with Crippen LogP contribution in [0.15, 0.2) is 24.3 Å². The van der Waals surface area contributed by atoms with Crippen LogP contribution in [-0.2, 0) is 14.3 Å². The second-order valence-corrected chi connectivity index (χ2v) is 4.65. The van der Waals surface area contributed by atoms with E-state index in [1.54, 1.807) is 24.3 Å². The molecule has 0 radical (unpaired) electrons. The molecule has 0 aliphatic carbocycles. The first-order valence-electron chi connectivity index (χ1n) is 6.27. The van der Waals surface area contributed by atoms with Crippen LogP contribution in [0.2, 0.25) is 0 Å². The van der Waals surface area contributed by atoms with Crippen LogP contribution in [0, 0.1) is 0 Å². The highest BCUT2D eigenvalue weighted by Gasteiger charge is 2.34. The summed E-state index contributed by atoms with van der Waals surface area (Å²) in [7, 11) is 0. The Morgan fingerprint density at radius 3 is 2.25 bits per heavy atom. The highest BCUT2D eigenvalue weighted by molar-refractivity contribution is 5.97. The molecule has 1 amide bonds. The van der Waals surface area contributed by atoms with E-state index in [0.29, 0.717) is 24.1 Å². The van der Waals surface area contributed by atoms with Crippen molar-refractivity contribution in [2.75, 3.05) is 5.32 Å². The van der Waals surface area contributed by atoms with Gasteiger partial charge in [0.15, 0.2) is 11.9 Å². The van der Waals surface area contributed by atoms with Gasteiger partial charge in [-0.3, -0.25) is 9.59 Å². The van der Waals surface area contributed by atoms with Crippen molar-refractivity contribution in [1.82, 2.24) is 0 Å². The Balaban J connectivity index is 1.95. The number of carbonyl (C=O) groups is 3. The number of benzene rings is 1. The van der Waals surface area contributed by atoms with Crippen LogP contribution in [0.4, 0.5) is 5.69 Å². The molecule has 6 heteroatoms. The minimum Gasteiger partial charge on any atom is -0.479 e. The molecule has 2 rings (SSSR count). The van der Waals surface area contributed by atoms with Crippen LogP contribution >= 0.6 is 0 Å². The Morgan fingerprint density at radius 1 is 1.15 bits per heavy atom. The molecule has 20 heavy (non-hydrogen) atoms. The number of ketones is 1. The van der Waals surface area contributed by atoms with Crippen molar-refractivity contribution in [3.8, 4) is 0 Å². The minimum absolute atomic E-state index is 0.0497. The molecule has 0 unspecified atom stereocenters. The summed E-state index contributed by atoms with van der Waals surface area (Å²) >= 11 is 0. The number of nitrogens with one attached hydrogen (secondary N) is 1. The standard InChI is InChI=1S/C14H15NO5/c1-8(16)9-2-4-10(5-3-9)15-13(17)11-6-7-12(20-11)14(18)19/h2-5,11-12H,6-7H2,1H3,(H,15,17)(H,18,19)/t11-,12+/m0/s1. The Hall–Kier alpha value is -2.21. The Bertz CT molecular complexity index is 537. The highest BCUT2D eigenvalue weighted by Crippen LogP contribution is 2.21. The van der Waals surface area contributed by atoms with E-state index >= 15 is 0 Å². The third-order valence-electron chi connectivity index (χ3n) is 3.15. The van der Waals surface area contributed by atoms with Gasteiger partial charge >= 0.3 is 5.97 Å². The Kier molecular flexibility index (Phi) is 4.14. The second-order valence-electron chi connectivity index (χ2n) is 4.65. The predicted octanol–water partition coefficient (Wildman–Crippen LogP) is 1.46. The fourth-order valence-electron chi connectivity index (χ4n) is 2.02. The van der Waals surface area contributed by atoms with Gasteiger partial charge in [0, 0.05) is 11.3 Å². The summed E-state index contributed by atoms with van der Waals surface area (Å²) in [6.45, 7) is 1.46. The summed E-state index contributed by atoms with van der Waals surface area (Å²) in [6, 6.07) is 6.48. The minimum atomic E-state index is -1.05. The maximum atomic E-state index is 11.9. The second kappa shape index (κ2) is 5.83. The smallest absolute Gasteiger partial charge is 0.332 e. The quantitative estimate of drug-likeness (QED) is 0.813. The summed E-state index contributed by atoms with van der Waals surface area (Å²) in [5.41, 5.74) is 1.11. The first-order valence-corrected chi connectivity index (χ1v) is 6.27. The SMILES string of the molecule is CC(=O)c1ccc(NC(=O)[C@@H]2CC[C@H](C(=O)O)O2)cc1. The number of rotatable bonds is 4. The van der Waals surface area contributed by atoms with Gasteiger partial charge in [0.2, 0.25) is 0 Å². The van der Waals surface area contributed by atoms with Crippen molar-refractivity contribution in [2.24, 2.45) is 0 Å². The topological polar surface area (TPSA) is 92.7 Å². The van der Waals surface area contributed by atoms with E-state index in [4.69, 9.17) is 9.84 Å². The predicted molar refractivity (Wildman–Crippen MR) is 70.6 cm³/mol. The van der Waals surface area contributed by atoms with Crippen molar-refractivity contribution >= 4 is 23.3 Å². The third kappa shape index (κ3) is 3.21. The summed E-state index contributed by atoms with van der Waals surface area (Å²) in [4.78, 5) is 33.8. The number of hydrogen-bond acceptors (Lipinski definition) is 4. The summed E-state index contributed by atoms with van der Waals surface area (Å²) in [5, 5.41) is 11.4. The largest absolute Gasteiger partial charge is 0.479 e. The lowest BCUT2D eigenvalue weighted by molar-refractivity contribution is -0.150. The zero-order valence-electron chi connectivity index (χ0n) is 11.0. The fourth-order valence-corrected chi connectivity index (χ4v) is 2.02. The molecular weight excluding hydrogens is 262 g/mol. The van der Waals surface area contributed by atoms with Crippen molar-refractivity contribution < 1.29 is 24.2 Å². The van der Waals surface area contributed by atoms with E-state index in [1.165, 1.54) is 6.92 Å². The van der Waals surface area contributed by atoms with Gasteiger partial charge in [0.25, 0.3) is 5.91 Å². The van der Waals surface area contributed by atoms with Crippen LogP contribution in [-0.4, -0.2) is 35.0 Å². The van der Waals surface area contributed by atoms with E-state index in [1.807, 2.05) is 0 Å². The van der Waals surface area contributed by atoms with Gasteiger partial charge in [0.05, 0.1) is 0 Å². The molecule has 2 atom stereocenters. The van der Waals surface area contributed by atoms with Crippen molar-refractivity contribution in [1.29, 1.82) is 0 Å². The zero-order valence-corrected chi connectivity index (χ0v) is 11.0. The van der Waals surface area contributed by atoms with Gasteiger partial charge < -0.3 is 15.2 Å². The molecule has 1 aliphatic heterocycles. The summed E-state index contributed by atoms with van der Waals surface area (Å²) in [6.07, 6.45) is -0.945. The number of hydrogen-bond donors (Lipinski definition) is 2. The molecule has 1 fully saturated rings. The average molecular weight is 277 g/mol. The molecular formula is C14H15NO5. The molecule has 2 N–H and O–H groups in total. The van der Waals surface area contributed by atoms with Crippen LogP contribution in [0.5, 0.6) is 0 Å². The first kappa shape index (κ1) is 14.2. The molecule has 106 valence electrons. The van der Waals surface area contributed by atoms with Gasteiger partial charge in [-0.15, -0.1) is 0 Å². The van der Waals surface area contributed by atoms with E-state index < -0.39 is 18.2 Å². The molecule has 1 aliphatic rings. The molecule has 0 bridgehead atoms. The molecule has 1 aromatic carbocycles. The van der Waals surface area contributed by atoms with E-state index in [0.717, 1.165) is 0 Å². The highest BCUT2D eigenvalue weighted by atomic mass is 16.5. The Morgan fingerprint density at radius 2 is 1.75 bits per heavy atom. The lowest BCUT2D eigenvalue weighted by Gasteiger charge is -2.12. The molecule has 0 aromatic heterocycles. The number of anilines is 1. The van der Waals surface area contributed by atoms with E-state index in [9.17, 15) is 14.4 Å². The molecule has 6 nitrogen and oxygen atoms in total. The summed E-state index contributed by atoms with van der Waals surface area (Å²) < 4.78 is 5.15. The average Bonchev–Trinajstić information content (AvgIpc) is 2.89. The number of Topliss-reactive ketones (excluding diaryl/α,β-unsaturated/α-hetero) is 1. The van der Waals surface area contributed by atoms with Crippen molar-refractivity contribution in [3.63, 3.8) is 0 Å². The summed E-state index contributed by atoms with van der Waals surface area (Å²) in [5.74, 6) is -1.47. The molecule has 1 heterocycles. The van der Waals surface area contributed by atoms with Crippen LogP contribution in [0.25, 0.3) is 0 Å². The number of carboxylic acid groups (broad SMARTS) is 1. The monoisotopic (exact) mass is 277 g/mol. The number of aliphatic carboxylic acids is 1. The normalized spacial score (nSPS) is 21.4.